The van der Waals surface area contributed by atoms with Gasteiger partial charge in [0.15, 0.2) is 0 Å². The van der Waals surface area contributed by atoms with Gasteiger partial charge < -0.3 is 0 Å². The molecule has 0 fully saturated rings. The van der Waals surface area contributed by atoms with Crippen molar-refractivity contribution in [3.63, 3.8) is 0 Å². The van der Waals surface area contributed by atoms with Crippen molar-refractivity contribution in [2.45, 2.75) is 231 Å². The van der Waals surface area contributed by atoms with E-state index in [2.05, 4.69) is 88.7 Å². The highest BCUT2D eigenvalue weighted by Gasteiger charge is 2.10. The molecular weight excluding hydrogens is 1220 g/mol. The van der Waals surface area contributed by atoms with Gasteiger partial charge in [-0.2, -0.15) is 0 Å². The number of rotatable bonds is 55. The average Bonchev–Trinajstić information content (AvgIpc) is 3.69. The zero-order valence-corrected chi connectivity index (χ0v) is 55.1. The summed E-state index contributed by atoms with van der Waals surface area (Å²) < 4.78 is 0. The quantitative estimate of drug-likeness (QED) is 0.0310. The predicted octanol–water partition coefficient (Wildman–Crippen LogP) is 10.0. The number of carbonyl (C=O) groups excluding carboxylic acids is 15. The standard InChI is InChI=1S/C14H21N3O3.C12H17N3O3.C11H15N3O3.C10H16N2O2.C9H11N3O3.C8H15NO/c18-11-15-9-5-1-3-7-14(17-13-20)8-4-2-6-10-16-12-19;16-9-13-6-2-1-4-12(8-15-11-18)5-3-7-14-10-17;15-8-12-6-2-1-4-11(14-10-17)5-3-7-13-9-16;1-2-10(12-9-14)6-4-3-5-7-11-8-13;13-6-10-4-1-2-9(12-8-15)3-5-11-7-14;1-3-5-8(4-2)6-9-7-10/h14H,1-10H2;12H,1-8H2;11H,1-7H2;10H,2-7H2,1H3;9H,1-5H2;8H,3-6H2,1-2H3. The number of aliphatic imine (C=N–C) groups is 15. The molecule has 0 amide bonds. The van der Waals surface area contributed by atoms with Gasteiger partial charge in [0.05, 0.1) is 96.2 Å². The van der Waals surface area contributed by atoms with E-state index in [1.54, 1.807) is 24.3 Å². The fourth-order valence-electron chi connectivity index (χ4n) is 8.30. The van der Waals surface area contributed by atoms with E-state index >= 15 is 0 Å². The molecule has 0 aliphatic rings. The van der Waals surface area contributed by atoms with Gasteiger partial charge in [0.1, 0.15) is 0 Å². The molecule has 30 nitrogen and oxygen atoms in total. The largest absolute Gasteiger partial charge is 0.235 e. The summed E-state index contributed by atoms with van der Waals surface area (Å²) in [6.07, 6.45) is 47.8. The first-order chi connectivity index (χ1) is 46.1. The van der Waals surface area contributed by atoms with Crippen molar-refractivity contribution in [3.05, 3.63) is 0 Å². The van der Waals surface area contributed by atoms with Crippen LogP contribution in [0.3, 0.4) is 0 Å². The Morgan fingerprint density at radius 3 is 0.766 bits per heavy atom. The third kappa shape index (κ3) is 89.1. The lowest BCUT2D eigenvalue weighted by Gasteiger charge is -2.12. The van der Waals surface area contributed by atoms with E-state index in [4.69, 9.17) is 0 Å². The van der Waals surface area contributed by atoms with E-state index in [1.807, 2.05) is 6.92 Å². The Bertz CT molecular complexity index is 2600. The first kappa shape index (κ1) is 95.8. The van der Waals surface area contributed by atoms with Crippen LogP contribution < -0.4 is 0 Å². The van der Waals surface area contributed by atoms with Crippen LogP contribution in [0.5, 0.6) is 0 Å². The predicted molar refractivity (Wildman–Crippen MR) is 348 cm³/mol. The van der Waals surface area contributed by atoms with Gasteiger partial charge in [0, 0.05) is 0 Å². The van der Waals surface area contributed by atoms with Crippen LogP contribution in [0.4, 0.5) is 0 Å². The Hall–Kier alpha value is -9.30. The summed E-state index contributed by atoms with van der Waals surface area (Å²) in [5.74, 6) is 0.875. The third-order valence-corrected chi connectivity index (χ3v) is 13.3. The summed E-state index contributed by atoms with van der Waals surface area (Å²) in [4.78, 5) is 202. The van der Waals surface area contributed by atoms with E-state index < -0.39 is 0 Å². The molecule has 0 aromatic heterocycles. The molecule has 0 aliphatic carbocycles. The van der Waals surface area contributed by atoms with Gasteiger partial charge in [0.2, 0.25) is 91.2 Å². The van der Waals surface area contributed by atoms with Crippen molar-refractivity contribution in [1.82, 2.24) is 0 Å². The number of isocyanates is 15. The fraction of sp³-hybridized carbons (Fsp3) is 0.766. The first-order valence-electron chi connectivity index (χ1n) is 31.8. The van der Waals surface area contributed by atoms with Gasteiger partial charge in [0.25, 0.3) is 0 Å². The minimum absolute atomic E-state index is 0.0247. The van der Waals surface area contributed by atoms with Crippen molar-refractivity contribution >= 4 is 91.2 Å². The van der Waals surface area contributed by atoms with Gasteiger partial charge in [-0.05, 0) is 140 Å². The van der Waals surface area contributed by atoms with Crippen LogP contribution in [0.15, 0.2) is 74.9 Å². The van der Waals surface area contributed by atoms with Gasteiger partial charge in [-0.3, -0.25) is 0 Å². The molecular formula is C64H95N15O15. The summed E-state index contributed by atoms with van der Waals surface area (Å²) in [6, 6.07) is -0.172. The Morgan fingerprint density at radius 1 is 0.202 bits per heavy atom. The van der Waals surface area contributed by atoms with Crippen LogP contribution in [0.1, 0.15) is 207 Å². The monoisotopic (exact) mass is 1310 g/mol. The fourth-order valence-corrected chi connectivity index (χ4v) is 8.30. The topological polar surface area (TPSA) is 441 Å². The van der Waals surface area contributed by atoms with Gasteiger partial charge >= 0.3 is 0 Å². The molecule has 0 spiro atoms. The van der Waals surface area contributed by atoms with Crippen LogP contribution in [-0.4, -0.2) is 187 Å². The van der Waals surface area contributed by atoms with E-state index in [0.717, 1.165) is 141 Å². The summed E-state index contributed by atoms with van der Waals surface area (Å²) in [5.41, 5.74) is 0. The van der Waals surface area contributed by atoms with Crippen molar-refractivity contribution in [2.24, 2.45) is 86.7 Å². The molecule has 0 aromatic rings. The van der Waals surface area contributed by atoms with Crippen molar-refractivity contribution in [2.75, 3.05) is 72.0 Å². The number of hydrogen-bond donors (Lipinski definition) is 0. The molecule has 0 radical (unpaired) electrons. The smallest absolute Gasteiger partial charge is 0.211 e. The maximum atomic E-state index is 10.4. The molecule has 30 heteroatoms. The Labute approximate surface area is 551 Å². The molecule has 0 rings (SSSR count). The zero-order valence-electron chi connectivity index (χ0n) is 55.1. The van der Waals surface area contributed by atoms with Gasteiger partial charge in [-0.25, -0.2) is 147 Å². The summed E-state index contributed by atoms with van der Waals surface area (Å²) >= 11 is 0. The highest BCUT2D eigenvalue weighted by molar-refractivity contribution is 5.37. The second-order valence-electron chi connectivity index (χ2n) is 20.2. The van der Waals surface area contributed by atoms with Crippen LogP contribution in [0.2, 0.25) is 0 Å². The number of hydrogen-bond acceptors (Lipinski definition) is 30. The molecule has 0 aromatic carbocycles. The molecule has 0 saturated heterocycles. The highest BCUT2D eigenvalue weighted by Crippen LogP contribution is 2.17. The SMILES string of the molecule is CCC(CCCCCN=C=O)N=C=O.CCCC(CC)CN=C=O.O=C=NCCCC(CCN=C=O)N=C=O.O=C=NCCCCC(CCCN=C=O)CN=C=O.O=C=NCCCCC(CCCN=C=O)N=C=O.O=C=NCCCCCC(CCCCCN=C=O)N=C=O. The summed E-state index contributed by atoms with van der Waals surface area (Å²) in [6.45, 7) is 11.4. The van der Waals surface area contributed by atoms with Gasteiger partial charge in [-0.15, -0.1) is 0 Å². The van der Waals surface area contributed by atoms with E-state index in [9.17, 15) is 71.9 Å². The molecule has 0 aliphatic heterocycles. The van der Waals surface area contributed by atoms with E-state index in [-0.39, 0.29) is 36.6 Å². The van der Waals surface area contributed by atoms with E-state index in [1.165, 1.54) is 79.7 Å². The minimum atomic E-state index is -0.221. The molecule has 94 heavy (non-hydrogen) atoms. The molecule has 5 atom stereocenters. The van der Waals surface area contributed by atoms with Crippen LogP contribution >= 0.6 is 0 Å². The Kier molecular flexibility index (Phi) is 94.2. The third-order valence-electron chi connectivity index (χ3n) is 13.3. The number of unbranched alkanes of at least 4 members (excludes halogenated alkanes) is 8. The summed E-state index contributed by atoms with van der Waals surface area (Å²) in [7, 11) is 0. The van der Waals surface area contributed by atoms with Gasteiger partial charge in [-0.1, -0.05) is 78.6 Å². The summed E-state index contributed by atoms with van der Waals surface area (Å²) in [5, 5.41) is 0. The lowest BCUT2D eigenvalue weighted by Crippen LogP contribution is -2.06. The Morgan fingerprint density at radius 2 is 0.447 bits per heavy atom. The zero-order chi connectivity index (χ0) is 71.0. The number of nitrogens with zero attached hydrogens (tertiary/aromatic N) is 15. The highest BCUT2D eigenvalue weighted by atomic mass is 16.2. The second kappa shape index (κ2) is 92.4. The molecule has 0 saturated carbocycles. The minimum Gasteiger partial charge on any atom is -0.211 e. The normalized spacial score (nSPS) is 10.9. The molecule has 5 unspecified atom stereocenters. The van der Waals surface area contributed by atoms with Crippen molar-refractivity contribution in [3.8, 4) is 0 Å². The van der Waals surface area contributed by atoms with Crippen LogP contribution in [0.25, 0.3) is 0 Å². The molecule has 516 valence electrons. The van der Waals surface area contributed by atoms with E-state index in [0.29, 0.717) is 103 Å². The molecule has 0 heterocycles. The van der Waals surface area contributed by atoms with Crippen molar-refractivity contribution in [1.29, 1.82) is 0 Å². The lowest BCUT2D eigenvalue weighted by atomic mass is 9.97. The van der Waals surface area contributed by atoms with Crippen LogP contribution in [-0.2, 0) is 71.9 Å². The maximum absolute atomic E-state index is 10.4. The average molecular weight is 1310 g/mol. The molecule has 0 bridgehead atoms. The second-order valence-corrected chi connectivity index (χ2v) is 20.2. The lowest BCUT2D eigenvalue weighted by molar-refractivity contribution is 0.430. The maximum Gasteiger partial charge on any atom is 0.235 e. The van der Waals surface area contributed by atoms with Crippen LogP contribution in [0, 0.1) is 11.8 Å². The van der Waals surface area contributed by atoms with Crippen molar-refractivity contribution < 1.29 is 71.9 Å². The molecule has 0 N–H and O–H groups in total. The Balaban J connectivity index is -0.000000250. The first-order valence-corrected chi connectivity index (χ1v) is 31.8.